The predicted octanol–water partition coefficient (Wildman–Crippen LogP) is 7.96. The molecule has 0 saturated carbocycles. The van der Waals surface area contributed by atoms with Gasteiger partial charge in [0.05, 0.1) is 40.3 Å². The van der Waals surface area contributed by atoms with Crippen LogP contribution >= 0.6 is 0 Å². The van der Waals surface area contributed by atoms with Gasteiger partial charge in [-0.1, -0.05) is 133 Å². The smallest absolute Gasteiger partial charge is 0.306 e. The van der Waals surface area contributed by atoms with Crippen molar-refractivity contribution in [1.29, 1.82) is 0 Å². The SMILES string of the molecule is CC/C=C/C=C/C=C/C=C/CCCCCC(=O)OC(COCCC(C(=O)[O-])[N+](C)(C)C)COC(=O)CCCCCCCCCCCCC. The molecule has 48 heavy (non-hydrogen) atoms. The number of aliphatic carboxylic acids is 1. The molecule has 2 unspecified atom stereocenters. The molecule has 0 heterocycles. The molecule has 0 N–H and O–H groups in total. The van der Waals surface area contributed by atoms with Crippen LogP contribution in [0, 0.1) is 0 Å². The zero-order valence-corrected chi connectivity index (χ0v) is 31.1. The van der Waals surface area contributed by atoms with Crippen LogP contribution in [-0.2, 0) is 28.6 Å². The molecule has 0 aliphatic heterocycles. The molecule has 0 rings (SSSR count). The summed E-state index contributed by atoms with van der Waals surface area (Å²) in [6, 6.07) is -0.731. The topological polar surface area (TPSA) is 102 Å². The summed E-state index contributed by atoms with van der Waals surface area (Å²) < 4.78 is 17.0. The second kappa shape index (κ2) is 31.6. The summed E-state index contributed by atoms with van der Waals surface area (Å²) >= 11 is 0. The Balaban J connectivity index is 4.52. The predicted molar refractivity (Wildman–Crippen MR) is 194 cm³/mol. The molecular formula is C40H69NO7. The first-order valence-electron chi connectivity index (χ1n) is 18.7. The van der Waals surface area contributed by atoms with Crippen molar-refractivity contribution in [1.82, 2.24) is 0 Å². The Morgan fingerprint density at radius 3 is 1.73 bits per heavy atom. The molecule has 0 spiro atoms. The molecule has 0 saturated heterocycles. The minimum absolute atomic E-state index is 0.0246. The first-order valence-corrected chi connectivity index (χ1v) is 18.7. The molecule has 0 fully saturated rings. The zero-order valence-electron chi connectivity index (χ0n) is 31.1. The average Bonchev–Trinajstić information content (AvgIpc) is 3.03. The fourth-order valence-electron chi connectivity index (χ4n) is 5.14. The van der Waals surface area contributed by atoms with Crippen LogP contribution in [0.15, 0.2) is 48.6 Å². The summed E-state index contributed by atoms with van der Waals surface area (Å²) in [5, 5.41) is 11.6. The van der Waals surface area contributed by atoms with Gasteiger partial charge < -0.3 is 28.6 Å². The summed E-state index contributed by atoms with van der Waals surface area (Å²) in [5.74, 6) is -1.79. The molecule has 0 aromatic rings. The van der Waals surface area contributed by atoms with E-state index in [9.17, 15) is 19.5 Å². The third kappa shape index (κ3) is 29.4. The Bertz CT molecular complexity index is 932. The second-order valence-electron chi connectivity index (χ2n) is 13.5. The number of ether oxygens (including phenoxy) is 3. The molecule has 0 radical (unpaired) electrons. The number of allylic oxidation sites excluding steroid dienone is 8. The number of unbranched alkanes of at least 4 members (excludes halogenated alkanes) is 13. The summed E-state index contributed by atoms with van der Waals surface area (Å²) in [6.45, 7) is 4.44. The van der Waals surface area contributed by atoms with Crippen LogP contribution in [0.2, 0.25) is 0 Å². The highest BCUT2D eigenvalue weighted by atomic mass is 16.6. The molecule has 8 nitrogen and oxygen atoms in total. The van der Waals surface area contributed by atoms with E-state index in [1.54, 1.807) is 21.1 Å². The third-order valence-corrected chi connectivity index (χ3v) is 8.07. The molecule has 0 bridgehead atoms. The van der Waals surface area contributed by atoms with Crippen molar-refractivity contribution in [2.75, 3.05) is 41.0 Å². The van der Waals surface area contributed by atoms with Gasteiger partial charge in [-0.25, -0.2) is 0 Å². The van der Waals surface area contributed by atoms with Crippen molar-refractivity contribution in [3.8, 4) is 0 Å². The number of hydrogen-bond donors (Lipinski definition) is 0. The van der Waals surface area contributed by atoms with Gasteiger partial charge in [0.1, 0.15) is 12.6 Å². The third-order valence-electron chi connectivity index (χ3n) is 8.07. The first-order chi connectivity index (χ1) is 23.1. The first kappa shape index (κ1) is 45.3. The fraction of sp³-hybridized carbons (Fsp3) is 0.725. The molecule has 0 amide bonds. The van der Waals surface area contributed by atoms with E-state index < -0.39 is 18.1 Å². The van der Waals surface area contributed by atoms with Gasteiger partial charge in [-0.15, -0.1) is 0 Å². The Hall–Kier alpha value is -2.71. The van der Waals surface area contributed by atoms with E-state index in [0.29, 0.717) is 12.8 Å². The number of quaternary nitrogens is 1. The molecule has 0 aliphatic rings. The van der Waals surface area contributed by atoms with Crippen LogP contribution in [0.4, 0.5) is 0 Å². The lowest BCUT2D eigenvalue weighted by Gasteiger charge is -2.34. The fourth-order valence-corrected chi connectivity index (χ4v) is 5.14. The molecule has 0 aromatic carbocycles. The largest absolute Gasteiger partial charge is 0.544 e. The molecule has 276 valence electrons. The van der Waals surface area contributed by atoms with Crippen molar-refractivity contribution >= 4 is 17.9 Å². The van der Waals surface area contributed by atoms with Gasteiger partial charge in [0.25, 0.3) is 0 Å². The Morgan fingerprint density at radius 2 is 1.17 bits per heavy atom. The van der Waals surface area contributed by atoms with Crippen LogP contribution < -0.4 is 5.11 Å². The van der Waals surface area contributed by atoms with E-state index in [2.05, 4.69) is 26.0 Å². The van der Waals surface area contributed by atoms with Gasteiger partial charge in [-0.3, -0.25) is 9.59 Å². The number of carboxylic acids is 1. The number of nitrogens with zero attached hydrogens (tertiary/aromatic N) is 1. The van der Waals surface area contributed by atoms with Crippen LogP contribution in [0.3, 0.4) is 0 Å². The van der Waals surface area contributed by atoms with E-state index in [1.807, 2.05) is 36.5 Å². The van der Waals surface area contributed by atoms with Crippen LogP contribution in [-0.4, -0.2) is 75.5 Å². The normalized spacial score (nSPS) is 13.6. The van der Waals surface area contributed by atoms with E-state index in [-0.39, 0.29) is 49.1 Å². The van der Waals surface area contributed by atoms with Gasteiger partial charge >= 0.3 is 11.9 Å². The molecule has 2 atom stereocenters. The van der Waals surface area contributed by atoms with Crippen molar-refractivity contribution < 1.29 is 38.2 Å². The highest BCUT2D eigenvalue weighted by Gasteiger charge is 2.25. The Labute approximate surface area is 293 Å². The lowest BCUT2D eigenvalue weighted by molar-refractivity contribution is -0.889. The number of likely N-dealkylation sites (N-methyl/N-ethyl adjacent to an activating group) is 1. The number of carbonyl (C=O) groups is 3. The van der Waals surface area contributed by atoms with E-state index in [4.69, 9.17) is 14.2 Å². The van der Waals surface area contributed by atoms with Crippen LogP contribution in [0.5, 0.6) is 0 Å². The number of esters is 2. The molecular weight excluding hydrogens is 606 g/mol. The lowest BCUT2D eigenvalue weighted by Crippen LogP contribution is -2.55. The van der Waals surface area contributed by atoms with Crippen molar-refractivity contribution in [2.45, 2.75) is 148 Å². The maximum Gasteiger partial charge on any atom is 0.306 e. The summed E-state index contributed by atoms with van der Waals surface area (Å²) in [6.07, 6.45) is 34.2. The van der Waals surface area contributed by atoms with Crippen LogP contribution in [0.1, 0.15) is 136 Å². The Kier molecular flexibility index (Phi) is 29.8. The summed E-state index contributed by atoms with van der Waals surface area (Å²) in [5.41, 5.74) is 0. The molecule has 8 heteroatoms. The maximum atomic E-state index is 12.6. The number of hydrogen-bond acceptors (Lipinski definition) is 7. The number of rotatable bonds is 32. The second-order valence-corrected chi connectivity index (χ2v) is 13.5. The maximum absolute atomic E-state index is 12.6. The van der Waals surface area contributed by atoms with Gasteiger partial charge in [0.15, 0.2) is 6.10 Å². The minimum Gasteiger partial charge on any atom is -0.544 e. The quantitative estimate of drug-likeness (QED) is 0.0309. The van der Waals surface area contributed by atoms with E-state index in [1.165, 1.54) is 51.4 Å². The van der Waals surface area contributed by atoms with E-state index in [0.717, 1.165) is 44.9 Å². The van der Waals surface area contributed by atoms with Gasteiger partial charge in [-0.05, 0) is 32.1 Å². The van der Waals surface area contributed by atoms with Crippen molar-refractivity contribution in [3.63, 3.8) is 0 Å². The monoisotopic (exact) mass is 676 g/mol. The summed E-state index contributed by atoms with van der Waals surface area (Å²) in [4.78, 5) is 36.6. The van der Waals surface area contributed by atoms with E-state index >= 15 is 0 Å². The number of carboxylic acid groups (broad SMARTS) is 1. The summed E-state index contributed by atoms with van der Waals surface area (Å²) in [7, 11) is 5.37. The van der Waals surface area contributed by atoms with Crippen LogP contribution in [0.25, 0.3) is 0 Å². The molecule has 0 aromatic heterocycles. The van der Waals surface area contributed by atoms with Crippen molar-refractivity contribution in [2.24, 2.45) is 0 Å². The minimum atomic E-state index is -1.13. The van der Waals surface area contributed by atoms with Gasteiger partial charge in [0, 0.05) is 19.3 Å². The van der Waals surface area contributed by atoms with Gasteiger partial charge in [-0.2, -0.15) is 0 Å². The average molecular weight is 676 g/mol. The van der Waals surface area contributed by atoms with Crippen molar-refractivity contribution in [3.05, 3.63) is 48.6 Å². The standard InChI is InChI=1S/C40H69NO7/c1-6-8-10-12-14-16-18-19-21-23-25-27-29-31-39(43)48-36(34-46-33-32-37(40(44)45)41(3,4)5)35-47-38(42)30-28-26-24-22-20-17-15-13-11-9-7-2/h8,10,12,14,16,18-19,21,36-37H,6-7,9,11,13,15,17,20,22-35H2,1-5H3/b10-8+,14-12+,18-16+,21-19+. The Morgan fingerprint density at radius 1 is 0.646 bits per heavy atom. The number of carbonyl (C=O) groups excluding carboxylic acids is 3. The molecule has 0 aliphatic carbocycles. The zero-order chi connectivity index (χ0) is 35.7. The lowest BCUT2D eigenvalue weighted by atomic mass is 10.1. The van der Waals surface area contributed by atoms with Gasteiger partial charge in [0.2, 0.25) is 0 Å². The highest BCUT2D eigenvalue weighted by molar-refractivity contribution is 5.70. The highest BCUT2D eigenvalue weighted by Crippen LogP contribution is 2.13.